The molecule has 2 N–H and O–H groups in total. The van der Waals surface area contributed by atoms with Crippen LogP contribution in [0.4, 0.5) is 5.69 Å². The van der Waals surface area contributed by atoms with E-state index < -0.39 is 10.0 Å². The van der Waals surface area contributed by atoms with Crippen molar-refractivity contribution >= 4 is 21.6 Å². The molecule has 0 unspecified atom stereocenters. The van der Waals surface area contributed by atoms with Crippen molar-refractivity contribution in [1.82, 2.24) is 9.71 Å². The second kappa shape index (κ2) is 5.27. The summed E-state index contributed by atoms with van der Waals surface area (Å²) in [4.78, 5) is 15.3. The lowest BCUT2D eigenvalue weighted by Gasteiger charge is -2.08. The van der Waals surface area contributed by atoms with E-state index in [9.17, 15) is 13.2 Å². The van der Waals surface area contributed by atoms with Gasteiger partial charge in [-0.25, -0.2) is 13.1 Å². The van der Waals surface area contributed by atoms with Gasteiger partial charge in [-0.2, -0.15) is 0 Å². The monoisotopic (exact) mass is 303 g/mol. The third-order valence-electron chi connectivity index (χ3n) is 3.23. The van der Waals surface area contributed by atoms with Gasteiger partial charge >= 0.3 is 0 Å². The van der Waals surface area contributed by atoms with E-state index in [1.54, 1.807) is 30.6 Å². The average molecular weight is 303 g/mol. The SMILES string of the molecule is O=C1Cc2cc(S(=O)(=O)NCc3ccncc3)ccc2N1. The number of aromatic nitrogens is 1. The summed E-state index contributed by atoms with van der Waals surface area (Å²) in [6.45, 7) is 0.194. The van der Waals surface area contributed by atoms with Gasteiger partial charge in [-0.05, 0) is 41.5 Å². The zero-order chi connectivity index (χ0) is 14.9. The highest BCUT2D eigenvalue weighted by atomic mass is 32.2. The minimum Gasteiger partial charge on any atom is -0.326 e. The maximum Gasteiger partial charge on any atom is 0.240 e. The first-order valence-corrected chi connectivity index (χ1v) is 7.84. The standard InChI is InChI=1S/C14H13N3O3S/c18-14-8-11-7-12(1-2-13(11)17-14)21(19,20)16-9-10-3-5-15-6-4-10/h1-7,16H,8-9H2,(H,17,18). The van der Waals surface area contributed by atoms with Crippen molar-refractivity contribution in [3.63, 3.8) is 0 Å². The van der Waals surface area contributed by atoms with E-state index in [-0.39, 0.29) is 23.8 Å². The van der Waals surface area contributed by atoms with E-state index >= 15 is 0 Å². The molecule has 7 heteroatoms. The van der Waals surface area contributed by atoms with E-state index in [1.807, 2.05) is 0 Å². The van der Waals surface area contributed by atoms with Gasteiger partial charge in [-0.3, -0.25) is 9.78 Å². The van der Waals surface area contributed by atoms with Gasteiger partial charge in [0.1, 0.15) is 0 Å². The number of hydrogen-bond acceptors (Lipinski definition) is 4. The molecule has 0 aliphatic carbocycles. The van der Waals surface area contributed by atoms with E-state index in [1.165, 1.54) is 12.1 Å². The first-order valence-electron chi connectivity index (χ1n) is 6.36. The number of pyridine rings is 1. The second-order valence-corrected chi connectivity index (χ2v) is 6.49. The maximum atomic E-state index is 12.3. The number of nitrogens with one attached hydrogen (secondary N) is 2. The number of hydrogen-bond donors (Lipinski definition) is 2. The van der Waals surface area contributed by atoms with Crippen LogP contribution in [0.1, 0.15) is 11.1 Å². The molecular weight excluding hydrogens is 290 g/mol. The molecule has 1 aliphatic heterocycles. The Morgan fingerprint density at radius 2 is 1.95 bits per heavy atom. The minimum absolute atomic E-state index is 0.121. The van der Waals surface area contributed by atoms with Gasteiger partial charge in [0.05, 0.1) is 11.3 Å². The highest BCUT2D eigenvalue weighted by Gasteiger charge is 2.21. The van der Waals surface area contributed by atoms with Crippen LogP contribution in [-0.4, -0.2) is 19.3 Å². The average Bonchev–Trinajstić information content (AvgIpc) is 2.85. The van der Waals surface area contributed by atoms with Crippen molar-refractivity contribution in [3.05, 3.63) is 53.9 Å². The fourth-order valence-electron chi connectivity index (χ4n) is 2.14. The van der Waals surface area contributed by atoms with Crippen molar-refractivity contribution in [2.24, 2.45) is 0 Å². The Balaban J connectivity index is 1.79. The molecule has 0 bridgehead atoms. The zero-order valence-electron chi connectivity index (χ0n) is 11.0. The summed E-state index contributed by atoms with van der Waals surface area (Å²) in [5.41, 5.74) is 2.20. The van der Waals surface area contributed by atoms with Crippen LogP contribution >= 0.6 is 0 Å². The lowest BCUT2D eigenvalue weighted by Crippen LogP contribution is -2.23. The van der Waals surface area contributed by atoms with Crippen molar-refractivity contribution < 1.29 is 13.2 Å². The normalized spacial score (nSPS) is 13.8. The van der Waals surface area contributed by atoms with E-state index in [0.29, 0.717) is 11.3 Å². The predicted octanol–water partition coefficient (Wildman–Crippen LogP) is 1.05. The number of nitrogens with zero attached hydrogens (tertiary/aromatic N) is 1. The molecule has 0 saturated heterocycles. The molecule has 0 saturated carbocycles. The van der Waals surface area contributed by atoms with E-state index in [4.69, 9.17) is 0 Å². The predicted molar refractivity (Wildman–Crippen MR) is 77.0 cm³/mol. The molecule has 0 radical (unpaired) electrons. The molecule has 2 heterocycles. The number of carbonyl (C=O) groups excluding carboxylic acids is 1. The van der Waals surface area contributed by atoms with Crippen LogP contribution in [0, 0.1) is 0 Å². The minimum atomic E-state index is -3.61. The summed E-state index contributed by atoms with van der Waals surface area (Å²) in [7, 11) is -3.61. The highest BCUT2D eigenvalue weighted by Crippen LogP contribution is 2.25. The van der Waals surface area contributed by atoms with E-state index in [0.717, 1.165) is 5.56 Å². The number of anilines is 1. The second-order valence-electron chi connectivity index (χ2n) is 4.72. The van der Waals surface area contributed by atoms with Crippen LogP contribution in [0.15, 0.2) is 47.6 Å². The van der Waals surface area contributed by atoms with E-state index in [2.05, 4.69) is 15.0 Å². The van der Waals surface area contributed by atoms with Crippen molar-refractivity contribution in [2.75, 3.05) is 5.32 Å². The molecule has 21 heavy (non-hydrogen) atoms. The van der Waals surface area contributed by atoms with Crippen LogP contribution in [0.5, 0.6) is 0 Å². The van der Waals surface area contributed by atoms with Gasteiger partial charge in [0.2, 0.25) is 15.9 Å². The summed E-state index contributed by atoms with van der Waals surface area (Å²) < 4.78 is 27.0. The van der Waals surface area contributed by atoms with Gasteiger partial charge in [-0.15, -0.1) is 0 Å². The smallest absolute Gasteiger partial charge is 0.240 e. The highest BCUT2D eigenvalue weighted by molar-refractivity contribution is 7.89. The van der Waals surface area contributed by atoms with Crippen LogP contribution in [0.25, 0.3) is 0 Å². The molecule has 1 aromatic heterocycles. The fraction of sp³-hybridized carbons (Fsp3) is 0.143. The Kier molecular flexibility index (Phi) is 3.44. The van der Waals surface area contributed by atoms with Crippen LogP contribution in [0.3, 0.4) is 0 Å². The molecular formula is C14H13N3O3S. The topological polar surface area (TPSA) is 88.2 Å². The number of amides is 1. The first kappa shape index (κ1) is 13.7. The quantitative estimate of drug-likeness (QED) is 0.884. The molecule has 0 atom stereocenters. The molecule has 2 aromatic rings. The van der Waals surface area contributed by atoms with Gasteiger partial charge in [0, 0.05) is 24.6 Å². The third-order valence-corrected chi connectivity index (χ3v) is 4.63. The Hall–Kier alpha value is -2.25. The van der Waals surface area contributed by atoms with Crippen molar-refractivity contribution in [3.8, 4) is 0 Å². The Bertz CT molecular complexity index is 788. The number of fused-ring (bicyclic) bond motifs is 1. The zero-order valence-corrected chi connectivity index (χ0v) is 11.9. The fourth-order valence-corrected chi connectivity index (χ4v) is 3.20. The van der Waals surface area contributed by atoms with Crippen LogP contribution < -0.4 is 10.0 Å². The number of rotatable bonds is 4. The Morgan fingerprint density at radius 3 is 2.71 bits per heavy atom. The molecule has 1 aromatic carbocycles. The summed E-state index contributed by atoms with van der Waals surface area (Å²) >= 11 is 0. The molecule has 108 valence electrons. The number of carbonyl (C=O) groups is 1. The molecule has 0 fully saturated rings. The van der Waals surface area contributed by atoms with Crippen molar-refractivity contribution in [1.29, 1.82) is 0 Å². The van der Waals surface area contributed by atoms with Crippen molar-refractivity contribution in [2.45, 2.75) is 17.9 Å². The molecule has 0 spiro atoms. The van der Waals surface area contributed by atoms with Gasteiger partial charge in [-0.1, -0.05) is 0 Å². The lowest BCUT2D eigenvalue weighted by molar-refractivity contribution is -0.115. The molecule has 6 nitrogen and oxygen atoms in total. The first-order chi connectivity index (χ1) is 10.0. The summed E-state index contributed by atoms with van der Waals surface area (Å²) in [5.74, 6) is -0.121. The van der Waals surface area contributed by atoms with Crippen LogP contribution in [-0.2, 0) is 27.8 Å². The number of benzene rings is 1. The lowest BCUT2D eigenvalue weighted by atomic mass is 10.2. The Labute approximate surface area is 122 Å². The molecule has 3 rings (SSSR count). The van der Waals surface area contributed by atoms with Gasteiger partial charge in [0.15, 0.2) is 0 Å². The summed E-state index contributed by atoms with van der Waals surface area (Å²) in [6.07, 6.45) is 3.43. The maximum absolute atomic E-state index is 12.3. The summed E-state index contributed by atoms with van der Waals surface area (Å²) in [6, 6.07) is 8.12. The Morgan fingerprint density at radius 1 is 1.19 bits per heavy atom. The molecule has 1 amide bonds. The molecule has 1 aliphatic rings. The van der Waals surface area contributed by atoms with Gasteiger partial charge in [0.25, 0.3) is 0 Å². The number of sulfonamides is 1. The summed E-state index contributed by atoms with van der Waals surface area (Å²) in [5, 5.41) is 2.67. The van der Waals surface area contributed by atoms with Crippen LogP contribution in [0.2, 0.25) is 0 Å². The van der Waals surface area contributed by atoms with Gasteiger partial charge < -0.3 is 5.32 Å². The largest absolute Gasteiger partial charge is 0.326 e. The third kappa shape index (κ3) is 2.93.